The Balaban J connectivity index is 1.98. The summed E-state index contributed by atoms with van der Waals surface area (Å²) in [6.07, 6.45) is 1.50. The lowest BCUT2D eigenvalue weighted by molar-refractivity contribution is -0.143. The summed E-state index contributed by atoms with van der Waals surface area (Å²) in [6.45, 7) is 5.33. The molecule has 0 saturated carbocycles. The number of ether oxygens (including phenoxy) is 3. The highest BCUT2D eigenvalue weighted by atomic mass is 127. The molecular weight excluding hydrogens is 659 g/mol. The summed E-state index contributed by atoms with van der Waals surface area (Å²) in [4.78, 5) is 32.2. The van der Waals surface area contributed by atoms with Crippen LogP contribution in [0.4, 0.5) is 0 Å². The Morgan fingerprint density at radius 1 is 1.17 bits per heavy atom. The SMILES string of the molecule is COc1ccc(/C=c2\sc3n(c2=O)[C@H](c2cc(Br)ccc2OC)C(C(=O)OC(C)C)=C(C)N=3)cc1I. The van der Waals surface area contributed by atoms with Gasteiger partial charge in [-0.2, -0.15) is 0 Å². The minimum atomic E-state index is -0.766. The second-order valence-electron chi connectivity index (χ2n) is 8.32. The molecule has 1 aromatic heterocycles. The van der Waals surface area contributed by atoms with Crippen LogP contribution in [0.25, 0.3) is 6.08 Å². The molecule has 0 saturated heterocycles. The molecule has 2 aromatic carbocycles. The molecular formula is C26H24BrIN2O5S. The third-order valence-corrected chi connectivity index (χ3v) is 7.86. The first kappa shape index (κ1) is 26.6. The number of rotatable bonds is 6. The van der Waals surface area contributed by atoms with Crippen molar-refractivity contribution in [3.05, 3.63) is 86.5 Å². The molecule has 0 aliphatic carbocycles. The molecule has 1 aliphatic rings. The highest BCUT2D eigenvalue weighted by Gasteiger charge is 2.35. The highest BCUT2D eigenvalue weighted by molar-refractivity contribution is 14.1. The smallest absolute Gasteiger partial charge is 0.338 e. The largest absolute Gasteiger partial charge is 0.496 e. The van der Waals surface area contributed by atoms with Crippen LogP contribution in [0, 0.1) is 3.57 Å². The molecule has 0 bridgehead atoms. The van der Waals surface area contributed by atoms with E-state index >= 15 is 0 Å². The number of carbonyl (C=O) groups is 1. The van der Waals surface area contributed by atoms with Gasteiger partial charge in [-0.1, -0.05) is 33.3 Å². The van der Waals surface area contributed by atoms with Crippen molar-refractivity contribution in [3.63, 3.8) is 0 Å². The fourth-order valence-electron chi connectivity index (χ4n) is 4.00. The third-order valence-electron chi connectivity index (χ3n) is 5.54. The molecule has 0 unspecified atom stereocenters. The molecule has 10 heteroatoms. The van der Waals surface area contributed by atoms with Crippen molar-refractivity contribution < 1.29 is 19.0 Å². The third kappa shape index (κ3) is 5.16. The van der Waals surface area contributed by atoms with Crippen LogP contribution in [-0.2, 0) is 9.53 Å². The topological polar surface area (TPSA) is 79.1 Å². The summed E-state index contributed by atoms with van der Waals surface area (Å²) in [7, 11) is 3.18. The van der Waals surface area contributed by atoms with Crippen LogP contribution in [-0.4, -0.2) is 30.9 Å². The van der Waals surface area contributed by atoms with Crippen LogP contribution in [0.3, 0.4) is 0 Å². The average molecular weight is 683 g/mol. The summed E-state index contributed by atoms with van der Waals surface area (Å²) in [6, 6.07) is 10.4. The molecule has 0 amide bonds. The van der Waals surface area contributed by atoms with Gasteiger partial charge in [0.15, 0.2) is 4.80 Å². The minimum absolute atomic E-state index is 0.251. The van der Waals surface area contributed by atoms with E-state index in [1.807, 2.05) is 36.4 Å². The maximum Gasteiger partial charge on any atom is 0.338 e. The molecule has 7 nitrogen and oxygen atoms in total. The predicted molar refractivity (Wildman–Crippen MR) is 151 cm³/mol. The number of hydrogen-bond donors (Lipinski definition) is 0. The van der Waals surface area contributed by atoms with Gasteiger partial charge < -0.3 is 14.2 Å². The number of carbonyl (C=O) groups excluding carboxylic acids is 1. The van der Waals surface area contributed by atoms with E-state index in [1.165, 1.54) is 11.3 Å². The van der Waals surface area contributed by atoms with E-state index in [2.05, 4.69) is 43.5 Å². The lowest BCUT2D eigenvalue weighted by Gasteiger charge is -2.26. The number of allylic oxidation sites excluding steroid dienone is 1. The zero-order valence-corrected chi connectivity index (χ0v) is 24.9. The number of esters is 1. The molecule has 4 rings (SSSR count). The maximum atomic E-state index is 13.8. The fraction of sp³-hybridized carbons (Fsp3) is 0.269. The quantitative estimate of drug-likeness (QED) is 0.281. The van der Waals surface area contributed by atoms with Crippen LogP contribution >= 0.6 is 49.9 Å². The molecule has 1 atom stereocenters. The molecule has 36 heavy (non-hydrogen) atoms. The van der Waals surface area contributed by atoms with Gasteiger partial charge in [-0.3, -0.25) is 9.36 Å². The summed E-state index contributed by atoms with van der Waals surface area (Å²) in [5, 5.41) is 0. The summed E-state index contributed by atoms with van der Waals surface area (Å²) in [5.41, 5.74) is 2.07. The molecule has 0 N–H and O–H groups in total. The van der Waals surface area contributed by atoms with Crippen molar-refractivity contribution in [2.45, 2.75) is 32.9 Å². The van der Waals surface area contributed by atoms with Crippen molar-refractivity contribution in [2.24, 2.45) is 4.99 Å². The van der Waals surface area contributed by atoms with Gasteiger partial charge in [0.1, 0.15) is 17.5 Å². The molecule has 0 radical (unpaired) electrons. The van der Waals surface area contributed by atoms with Crippen LogP contribution in [0.15, 0.2) is 61.9 Å². The number of fused-ring (bicyclic) bond motifs is 1. The van der Waals surface area contributed by atoms with E-state index < -0.39 is 12.0 Å². The molecule has 0 fully saturated rings. The Labute approximate surface area is 234 Å². The van der Waals surface area contributed by atoms with Gasteiger partial charge in [0.2, 0.25) is 0 Å². The zero-order valence-electron chi connectivity index (χ0n) is 20.3. The van der Waals surface area contributed by atoms with Crippen LogP contribution < -0.4 is 24.4 Å². The van der Waals surface area contributed by atoms with E-state index in [1.54, 1.807) is 45.6 Å². The molecule has 2 heterocycles. The number of halogens is 2. The Hall–Kier alpha value is -2.44. The van der Waals surface area contributed by atoms with Crippen molar-refractivity contribution in [1.29, 1.82) is 0 Å². The van der Waals surface area contributed by atoms with Gasteiger partial charge in [-0.15, -0.1) is 0 Å². The Morgan fingerprint density at radius 3 is 2.50 bits per heavy atom. The van der Waals surface area contributed by atoms with E-state index in [9.17, 15) is 9.59 Å². The van der Waals surface area contributed by atoms with Crippen LogP contribution in [0.1, 0.15) is 37.9 Å². The van der Waals surface area contributed by atoms with E-state index in [4.69, 9.17) is 14.2 Å². The summed E-state index contributed by atoms with van der Waals surface area (Å²) in [5.74, 6) is 0.796. The molecule has 1 aliphatic heterocycles. The first-order valence-electron chi connectivity index (χ1n) is 11.0. The Kier molecular flexibility index (Phi) is 8.06. The molecule has 0 spiro atoms. The minimum Gasteiger partial charge on any atom is -0.496 e. The van der Waals surface area contributed by atoms with E-state index in [0.29, 0.717) is 31.9 Å². The van der Waals surface area contributed by atoms with Crippen molar-refractivity contribution in [1.82, 2.24) is 4.57 Å². The van der Waals surface area contributed by atoms with E-state index in [0.717, 1.165) is 19.4 Å². The lowest BCUT2D eigenvalue weighted by atomic mass is 9.95. The number of hydrogen-bond acceptors (Lipinski definition) is 7. The van der Waals surface area contributed by atoms with Gasteiger partial charge in [0.25, 0.3) is 5.56 Å². The number of aromatic nitrogens is 1. The number of nitrogens with zero attached hydrogens (tertiary/aromatic N) is 2. The van der Waals surface area contributed by atoms with Gasteiger partial charge in [0, 0.05) is 10.0 Å². The number of methoxy groups -OCH3 is 2. The first-order valence-corrected chi connectivity index (χ1v) is 13.7. The van der Waals surface area contributed by atoms with Gasteiger partial charge >= 0.3 is 5.97 Å². The average Bonchev–Trinajstić information content (AvgIpc) is 3.12. The van der Waals surface area contributed by atoms with Crippen molar-refractivity contribution in [3.8, 4) is 11.5 Å². The zero-order chi connectivity index (χ0) is 26.1. The van der Waals surface area contributed by atoms with Gasteiger partial charge in [0.05, 0.1) is 39.7 Å². The van der Waals surface area contributed by atoms with E-state index in [-0.39, 0.29) is 11.7 Å². The monoisotopic (exact) mass is 682 g/mol. The Morgan fingerprint density at radius 2 is 1.86 bits per heavy atom. The van der Waals surface area contributed by atoms with Crippen LogP contribution in [0.5, 0.6) is 11.5 Å². The van der Waals surface area contributed by atoms with Gasteiger partial charge in [-0.25, -0.2) is 9.79 Å². The summed E-state index contributed by atoms with van der Waals surface area (Å²) < 4.78 is 20.3. The first-order chi connectivity index (χ1) is 17.1. The van der Waals surface area contributed by atoms with Crippen LogP contribution in [0.2, 0.25) is 0 Å². The normalized spacial score (nSPS) is 15.6. The standard InChI is InChI=1S/C26H24BrIN2O5S/c1-13(2)35-25(32)22-14(3)29-26-30(23(22)17-12-16(27)7-9-19(17)33-4)24(31)21(36-26)11-15-6-8-20(34-5)18(28)10-15/h6-13,23H,1-5H3/b21-11-/t23-/m1/s1. The lowest BCUT2D eigenvalue weighted by Crippen LogP contribution is -2.40. The Bertz CT molecular complexity index is 1560. The van der Waals surface area contributed by atoms with Gasteiger partial charge in [-0.05, 0) is 85.3 Å². The van der Waals surface area contributed by atoms with Crippen molar-refractivity contribution >= 4 is 61.9 Å². The van der Waals surface area contributed by atoms with Crippen molar-refractivity contribution in [2.75, 3.05) is 14.2 Å². The molecule has 188 valence electrons. The molecule has 3 aromatic rings. The maximum absolute atomic E-state index is 13.8. The number of thiazole rings is 1. The fourth-order valence-corrected chi connectivity index (χ4v) is 6.18. The highest BCUT2D eigenvalue weighted by Crippen LogP contribution is 2.37. The second kappa shape index (κ2) is 10.9. The second-order valence-corrected chi connectivity index (χ2v) is 11.4. The summed E-state index contributed by atoms with van der Waals surface area (Å²) >= 11 is 6.99. The number of benzene rings is 2. The predicted octanol–water partition coefficient (Wildman–Crippen LogP) is 4.57.